The second kappa shape index (κ2) is 9.20. The Hall–Kier alpha value is -3.23. The molecule has 0 saturated carbocycles. The number of likely N-dealkylation sites (N-methyl/N-ethyl adjacent to an activating group) is 1. The number of nitriles is 1. The quantitative estimate of drug-likeness (QED) is 0.545. The summed E-state index contributed by atoms with van der Waals surface area (Å²) in [5, 5.41) is 27.0. The van der Waals surface area contributed by atoms with Crippen molar-refractivity contribution < 1.29 is 33.9 Å². The van der Waals surface area contributed by atoms with Crippen molar-refractivity contribution in [3.8, 4) is 34.8 Å². The van der Waals surface area contributed by atoms with Gasteiger partial charge in [0.2, 0.25) is 8.22 Å². The Kier molecular flexibility index (Phi) is 5.78. The smallest absolute Gasteiger partial charge is 0.231 e. The zero-order chi connectivity index (χ0) is 27.6. The molecule has 2 N–H and O–H groups in total. The minimum atomic E-state index is -0.501. The molecule has 0 aliphatic carbocycles. The number of aromatic hydroxyl groups is 1. The summed E-state index contributed by atoms with van der Waals surface area (Å²) in [5.41, 5.74) is 5.13. The number of phenols is 1. The Morgan fingerprint density at radius 3 is 2.66 bits per heavy atom. The zero-order valence-corrected chi connectivity index (χ0v) is 22.2. The third-order valence-corrected chi connectivity index (χ3v) is 8.75. The average molecular weight is 526 g/mol. The van der Waals surface area contributed by atoms with Crippen LogP contribution in [-0.2, 0) is 17.6 Å². The second-order valence-corrected chi connectivity index (χ2v) is 10.5. The van der Waals surface area contributed by atoms with Gasteiger partial charge in [0.15, 0.2) is 29.8 Å². The highest BCUT2D eigenvalue weighted by molar-refractivity contribution is 5.66. The van der Waals surface area contributed by atoms with Gasteiger partial charge < -0.3 is 33.9 Å². The highest BCUT2D eigenvalue weighted by Crippen LogP contribution is 2.58. The number of rotatable bonds is 6. The molecule has 0 radical (unpaired) electrons. The number of nitrogens with zero attached hydrogens (tertiary/aromatic N) is 3. The molecule has 2 aromatic rings. The highest BCUT2D eigenvalue weighted by Gasteiger charge is 2.56. The van der Waals surface area contributed by atoms with Crippen molar-refractivity contribution in [2.45, 2.75) is 56.9 Å². The van der Waals surface area contributed by atoms with Crippen molar-refractivity contribution in [1.29, 1.82) is 6.69 Å². The lowest BCUT2D eigenvalue weighted by Gasteiger charge is -2.59. The fourth-order valence-electron chi connectivity index (χ4n) is 7.24. The van der Waals surface area contributed by atoms with Crippen LogP contribution in [-0.4, -0.2) is 81.0 Å². The number of benzene rings is 2. The lowest BCUT2D eigenvalue weighted by Crippen LogP contribution is -2.68. The van der Waals surface area contributed by atoms with Crippen molar-refractivity contribution in [3.05, 3.63) is 39.4 Å². The first-order valence-electron chi connectivity index (χ1n) is 13.2. The van der Waals surface area contributed by atoms with E-state index in [-0.39, 0.29) is 44.1 Å². The number of ether oxygens (including phenoxy) is 5. The van der Waals surface area contributed by atoms with Gasteiger partial charge >= 0.3 is 0 Å². The van der Waals surface area contributed by atoms with Crippen LogP contribution in [0.3, 0.4) is 0 Å². The molecule has 38 heavy (non-hydrogen) atoms. The molecular weight excluding hydrogens is 490 g/mol. The third kappa shape index (κ3) is 3.26. The standard InChI is InChI=1S/C28H33N3O7/c1-13-6-15-7-17-19(9-29)31-18(23(30(17)3)21(15)27(25(13)35-5)36-11-34-4)8-16-22(20(31)10-32)28-26(37-12-38-28)14(2)24(16)33/h6,17-20,23,32-33H,7-8,10-12H2,1-5H3/t17-,18?,19-,20-,23?/m0/s1/i32T. The minimum Gasteiger partial charge on any atom is -0.507 e. The van der Waals surface area contributed by atoms with Gasteiger partial charge in [-0.15, -0.1) is 0 Å². The summed E-state index contributed by atoms with van der Waals surface area (Å²) in [7, 11) is 5.25. The van der Waals surface area contributed by atoms with Crippen molar-refractivity contribution in [2.75, 3.05) is 41.5 Å². The molecule has 5 atom stereocenters. The van der Waals surface area contributed by atoms with Gasteiger partial charge in [0.25, 0.3) is 0 Å². The molecule has 4 aliphatic heterocycles. The van der Waals surface area contributed by atoms with Gasteiger partial charge in [0.05, 0.1) is 31.9 Å². The number of hydrogen-bond acceptors (Lipinski definition) is 10. The molecule has 10 nitrogen and oxygen atoms in total. The number of aryl methyl sites for hydroxylation is 1. The molecule has 2 unspecified atom stereocenters. The Bertz CT molecular complexity index is 1360. The van der Waals surface area contributed by atoms with E-state index >= 15 is 0 Å². The predicted molar refractivity (Wildman–Crippen MR) is 136 cm³/mol. The highest BCUT2D eigenvalue weighted by atomic mass is 16.7. The fraction of sp³-hybridized carbons (Fsp3) is 0.536. The van der Waals surface area contributed by atoms with Crippen LogP contribution < -0.4 is 18.9 Å². The predicted octanol–water partition coefficient (Wildman–Crippen LogP) is 2.49. The first-order chi connectivity index (χ1) is 18.9. The molecule has 10 heteroatoms. The molecule has 0 aromatic heterocycles. The van der Waals surface area contributed by atoms with Gasteiger partial charge in [-0.25, -0.2) is 0 Å². The molecule has 202 valence electrons. The van der Waals surface area contributed by atoms with E-state index in [0.717, 1.165) is 27.8 Å². The monoisotopic (exact) mass is 525 g/mol. The molecule has 1 fully saturated rings. The van der Waals surface area contributed by atoms with Crippen molar-refractivity contribution in [1.82, 2.24) is 9.80 Å². The lowest BCUT2D eigenvalue weighted by atomic mass is 9.71. The van der Waals surface area contributed by atoms with Crippen molar-refractivity contribution >= 4 is 0 Å². The Balaban J connectivity index is 1.60. The van der Waals surface area contributed by atoms with E-state index in [9.17, 15) is 10.4 Å². The van der Waals surface area contributed by atoms with Crippen LogP contribution in [0.5, 0.6) is 28.7 Å². The van der Waals surface area contributed by atoms with Gasteiger partial charge in [-0.3, -0.25) is 9.80 Å². The fourth-order valence-corrected chi connectivity index (χ4v) is 7.24. The maximum atomic E-state index is 11.4. The topological polar surface area (TPSA) is 117 Å². The Morgan fingerprint density at radius 2 is 1.95 bits per heavy atom. The molecule has 6 rings (SSSR count). The van der Waals surface area contributed by atoms with Gasteiger partial charge in [-0.2, -0.15) is 5.26 Å². The molecule has 2 aromatic carbocycles. The van der Waals surface area contributed by atoms with Crippen molar-refractivity contribution in [3.63, 3.8) is 0 Å². The first kappa shape index (κ1) is 23.9. The summed E-state index contributed by atoms with van der Waals surface area (Å²) in [6, 6.07) is 3.15. The number of aliphatic hydroxyl groups excluding tert-OH is 1. The van der Waals surface area contributed by atoms with Crippen molar-refractivity contribution in [2.24, 2.45) is 0 Å². The van der Waals surface area contributed by atoms with Gasteiger partial charge in [-0.05, 0) is 44.9 Å². The molecule has 4 heterocycles. The normalized spacial score (nSPS) is 27.6. The average Bonchev–Trinajstić information content (AvgIpc) is 3.41. The number of phenolic OH excluding ortho intramolecular Hbond substituents is 1. The van der Waals surface area contributed by atoms with Gasteiger partial charge in [0, 0.05) is 41.4 Å². The Labute approximate surface area is 223 Å². The summed E-state index contributed by atoms with van der Waals surface area (Å²) in [5.74, 6) is 2.49. The maximum Gasteiger partial charge on any atom is 0.231 e. The van der Waals surface area contributed by atoms with E-state index in [1.807, 2.05) is 20.9 Å². The molecule has 0 spiro atoms. The number of hydrogen-bond donors (Lipinski definition) is 2. The summed E-state index contributed by atoms with van der Waals surface area (Å²) >= 11 is 0. The van der Waals surface area contributed by atoms with Crippen LogP contribution >= 0.6 is 0 Å². The third-order valence-electron chi connectivity index (χ3n) is 8.75. The van der Waals surface area contributed by atoms with Crippen LogP contribution in [0.2, 0.25) is 0 Å². The SMILES string of the molecule is [3H]OC[C@H]1c2c(c(O)c(C)c3c2OCO3)CC2C3c4c(cc(C)c(OC)c4OCOC)C[C@@H]([C@H](C#N)N21)N3C. The molecule has 0 amide bonds. The van der Waals surface area contributed by atoms with E-state index in [0.29, 0.717) is 41.4 Å². The second-order valence-electron chi connectivity index (χ2n) is 10.5. The lowest BCUT2D eigenvalue weighted by molar-refractivity contribution is -0.0832. The van der Waals surface area contributed by atoms with Crippen LogP contribution in [0, 0.1) is 25.2 Å². The van der Waals surface area contributed by atoms with Crippen LogP contribution in [0.15, 0.2) is 6.07 Å². The number of fused-ring (bicyclic) bond motifs is 9. The van der Waals surface area contributed by atoms with E-state index in [2.05, 4.69) is 21.9 Å². The van der Waals surface area contributed by atoms with Crippen LogP contribution in [0.4, 0.5) is 0 Å². The number of piperazine rings is 1. The summed E-state index contributed by atoms with van der Waals surface area (Å²) in [4.78, 5) is 4.42. The van der Waals surface area contributed by atoms with Gasteiger partial charge in [-0.1, -0.05) is 6.07 Å². The zero-order valence-electron chi connectivity index (χ0n) is 23.2. The molecular formula is C28H33N3O7. The number of methoxy groups -OCH3 is 2. The van der Waals surface area contributed by atoms with Crippen LogP contribution in [0.25, 0.3) is 0 Å². The first-order valence-corrected chi connectivity index (χ1v) is 12.8. The minimum absolute atomic E-state index is 0.000241. The largest absolute Gasteiger partial charge is 0.507 e. The maximum absolute atomic E-state index is 11.4. The summed E-state index contributed by atoms with van der Waals surface area (Å²) in [6.45, 7) is 3.91. The molecule has 2 bridgehead atoms. The van der Waals surface area contributed by atoms with Crippen LogP contribution in [0.1, 0.15) is 45.5 Å². The molecule has 1 saturated heterocycles. The van der Waals surface area contributed by atoms with E-state index < -0.39 is 12.1 Å². The summed E-state index contributed by atoms with van der Waals surface area (Å²) < 4.78 is 36.6. The van der Waals surface area contributed by atoms with E-state index in [4.69, 9.17) is 30.2 Å². The molecule has 4 aliphatic rings. The van der Waals surface area contributed by atoms with E-state index in [1.165, 1.54) is 0 Å². The Morgan fingerprint density at radius 1 is 1.16 bits per heavy atom. The van der Waals surface area contributed by atoms with Gasteiger partial charge in [0.1, 0.15) is 11.8 Å². The number of aliphatic hydroxyl groups is 1. The summed E-state index contributed by atoms with van der Waals surface area (Å²) in [6.07, 6.45) is 1.09. The van der Waals surface area contributed by atoms with E-state index in [1.54, 1.807) is 14.2 Å².